The fourth-order valence-electron chi connectivity index (χ4n) is 1.61. The van der Waals surface area contributed by atoms with Crippen LogP contribution in [0.1, 0.15) is 26.7 Å². The third kappa shape index (κ3) is 3.46. The predicted molar refractivity (Wildman–Crippen MR) is 71.7 cm³/mol. The van der Waals surface area contributed by atoms with E-state index in [1.807, 2.05) is 0 Å². The number of halogens is 1. The molecule has 0 unspecified atom stereocenters. The van der Waals surface area contributed by atoms with Crippen LogP contribution in [0, 0.1) is 5.82 Å². The van der Waals surface area contributed by atoms with Crippen LogP contribution in [0.5, 0.6) is 0 Å². The monoisotopic (exact) mass is 258 g/mol. The molecule has 0 atom stereocenters. The van der Waals surface area contributed by atoms with Gasteiger partial charge in [-0.15, -0.1) is 0 Å². The highest BCUT2D eigenvalue weighted by molar-refractivity contribution is 8.00. The molecule has 0 saturated carbocycles. The lowest BCUT2D eigenvalue weighted by Crippen LogP contribution is -2.32. The summed E-state index contributed by atoms with van der Waals surface area (Å²) in [6.45, 7) is 4.92. The predicted octanol–water partition coefficient (Wildman–Crippen LogP) is 2.53. The van der Waals surface area contributed by atoms with Crippen molar-refractivity contribution < 1.29 is 4.39 Å². The highest BCUT2D eigenvalue weighted by Crippen LogP contribution is 2.30. The summed E-state index contributed by atoms with van der Waals surface area (Å²) in [6.07, 6.45) is 5.18. The maximum atomic E-state index is 13.4. The van der Waals surface area contributed by atoms with Crippen LogP contribution in [0.3, 0.4) is 0 Å². The molecule has 0 spiro atoms. The smallest absolute Gasteiger partial charge is 0.222 e. The van der Waals surface area contributed by atoms with E-state index in [2.05, 4.69) is 35.4 Å². The minimum Gasteiger partial charge on any atom is -0.368 e. The van der Waals surface area contributed by atoms with Crippen LogP contribution < -0.4 is 11.1 Å². The fourth-order valence-corrected chi connectivity index (χ4v) is 2.40. The standard InChI is InChI=1S/C11H19FN4S/c1-4-11(5-2,17-3)7-15-9-8(12)6-14-10(13)16-9/h6H,4-5,7H2,1-3H3,(H3,13,14,15,16). The molecule has 0 radical (unpaired) electrons. The number of anilines is 2. The van der Waals surface area contributed by atoms with E-state index in [9.17, 15) is 4.39 Å². The Morgan fingerprint density at radius 2 is 2.12 bits per heavy atom. The number of thioether (sulfide) groups is 1. The van der Waals surface area contributed by atoms with Gasteiger partial charge in [0.1, 0.15) is 0 Å². The van der Waals surface area contributed by atoms with Crippen molar-refractivity contribution in [2.45, 2.75) is 31.4 Å². The van der Waals surface area contributed by atoms with Gasteiger partial charge in [0.05, 0.1) is 6.20 Å². The summed E-state index contributed by atoms with van der Waals surface area (Å²) in [5.41, 5.74) is 5.43. The molecule has 0 amide bonds. The second-order valence-electron chi connectivity index (χ2n) is 3.87. The Bertz CT molecular complexity index is 360. The van der Waals surface area contributed by atoms with Crippen LogP contribution in [0.25, 0.3) is 0 Å². The van der Waals surface area contributed by atoms with Crippen molar-refractivity contribution in [3.8, 4) is 0 Å². The van der Waals surface area contributed by atoms with E-state index in [-0.39, 0.29) is 16.5 Å². The molecule has 96 valence electrons. The Kier molecular flexibility index (Phi) is 4.99. The molecule has 1 aromatic heterocycles. The number of nitrogens with zero attached hydrogens (tertiary/aromatic N) is 2. The lowest BCUT2D eigenvalue weighted by Gasteiger charge is -2.30. The summed E-state index contributed by atoms with van der Waals surface area (Å²) in [5, 5.41) is 3.02. The van der Waals surface area contributed by atoms with Crippen molar-refractivity contribution in [2.24, 2.45) is 0 Å². The van der Waals surface area contributed by atoms with Crippen molar-refractivity contribution in [3.05, 3.63) is 12.0 Å². The molecule has 0 saturated heterocycles. The van der Waals surface area contributed by atoms with Gasteiger partial charge in [0.2, 0.25) is 5.95 Å². The summed E-state index contributed by atoms with van der Waals surface area (Å²) in [6, 6.07) is 0. The zero-order valence-corrected chi connectivity index (χ0v) is 11.3. The molecule has 6 heteroatoms. The van der Waals surface area contributed by atoms with Gasteiger partial charge in [-0.2, -0.15) is 16.7 Å². The molecule has 1 rings (SSSR count). The highest BCUT2D eigenvalue weighted by atomic mass is 32.2. The number of hydrogen-bond donors (Lipinski definition) is 2. The molecule has 0 fully saturated rings. The van der Waals surface area contributed by atoms with Crippen molar-refractivity contribution in [1.82, 2.24) is 9.97 Å². The van der Waals surface area contributed by atoms with E-state index in [0.29, 0.717) is 6.54 Å². The lowest BCUT2D eigenvalue weighted by molar-refractivity contribution is 0.567. The van der Waals surface area contributed by atoms with E-state index in [0.717, 1.165) is 19.0 Å². The second-order valence-corrected chi connectivity index (χ2v) is 5.15. The quantitative estimate of drug-likeness (QED) is 0.821. The van der Waals surface area contributed by atoms with Crippen LogP contribution in [-0.4, -0.2) is 27.5 Å². The van der Waals surface area contributed by atoms with Crippen LogP contribution in [0.2, 0.25) is 0 Å². The SMILES string of the molecule is CCC(CC)(CNc1nc(N)ncc1F)SC. The molecule has 17 heavy (non-hydrogen) atoms. The Morgan fingerprint density at radius 1 is 1.47 bits per heavy atom. The first-order valence-corrected chi connectivity index (χ1v) is 6.86. The molecule has 0 aliphatic rings. The summed E-state index contributed by atoms with van der Waals surface area (Å²) in [4.78, 5) is 7.44. The number of hydrogen-bond acceptors (Lipinski definition) is 5. The summed E-state index contributed by atoms with van der Waals surface area (Å²) in [7, 11) is 0. The van der Waals surface area contributed by atoms with Gasteiger partial charge in [-0.25, -0.2) is 9.37 Å². The van der Waals surface area contributed by atoms with Crippen molar-refractivity contribution in [2.75, 3.05) is 23.9 Å². The van der Waals surface area contributed by atoms with Gasteiger partial charge in [-0.05, 0) is 19.1 Å². The lowest BCUT2D eigenvalue weighted by atomic mass is 10.0. The molecule has 1 aromatic rings. The Balaban J connectivity index is 2.75. The van der Waals surface area contributed by atoms with E-state index in [4.69, 9.17) is 5.73 Å². The average molecular weight is 258 g/mol. The van der Waals surface area contributed by atoms with Gasteiger partial charge < -0.3 is 11.1 Å². The number of nitrogens with one attached hydrogen (secondary N) is 1. The van der Waals surface area contributed by atoms with Gasteiger partial charge in [-0.1, -0.05) is 13.8 Å². The van der Waals surface area contributed by atoms with Crippen molar-refractivity contribution in [1.29, 1.82) is 0 Å². The summed E-state index contributed by atoms with van der Waals surface area (Å²) >= 11 is 1.79. The van der Waals surface area contributed by atoms with Crippen molar-refractivity contribution in [3.63, 3.8) is 0 Å². The summed E-state index contributed by atoms with van der Waals surface area (Å²) < 4.78 is 13.5. The molecule has 0 aromatic carbocycles. The largest absolute Gasteiger partial charge is 0.368 e. The number of rotatable bonds is 6. The minimum atomic E-state index is -0.471. The van der Waals surface area contributed by atoms with Gasteiger partial charge in [0.25, 0.3) is 0 Å². The highest BCUT2D eigenvalue weighted by Gasteiger charge is 2.25. The Labute approximate surface area is 106 Å². The van der Waals surface area contributed by atoms with E-state index in [1.165, 1.54) is 0 Å². The molecular weight excluding hydrogens is 239 g/mol. The van der Waals surface area contributed by atoms with E-state index >= 15 is 0 Å². The molecule has 0 aliphatic carbocycles. The van der Waals surface area contributed by atoms with E-state index < -0.39 is 5.82 Å². The first kappa shape index (κ1) is 14.0. The first-order chi connectivity index (χ1) is 8.06. The average Bonchev–Trinajstić information content (AvgIpc) is 2.35. The zero-order chi connectivity index (χ0) is 12.9. The number of nitrogen functional groups attached to an aromatic ring is 1. The van der Waals surface area contributed by atoms with Gasteiger partial charge in [0, 0.05) is 11.3 Å². The van der Waals surface area contributed by atoms with Crippen molar-refractivity contribution >= 4 is 23.5 Å². The van der Waals surface area contributed by atoms with Gasteiger partial charge in [0.15, 0.2) is 11.6 Å². The summed E-state index contributed by atoms with van der Waals surface area (Å²) in [5.74, 6) is -0.212. The minimum absolute atomic E-state index is 0.0802. The Hall–Kier alpha value is -1.04. The van der Waals surface area contributed by atoms with Crippen LogP contribution in [-0.2, 0) is 0 Å². The molecule has 3 N–H and O–H groups in total. The number of nitrogens with two attached hydrogens (primary N) is 1. The second kappa shape index (κ2) is 6.05. The fraction of sp³-hybridized carbons (Fsp3) is 0.636. The van der Waals surface area contributed by atoms with E-state index in [1.54, 1.807) is 11.8 Å². The molecule has 0 bridgehead atoms. The third-order valence-corrected chi connectivity index (χ3v) is 4.65. The molecule has 0 aliphatic heterocycles. The first-order valence-electron chi connectivity index (χ1n) is 5.64. The van der Waals surface area contributed by atoms with Crippen LogP contribution in [0.15, 0.2) is 6.20 Å². The normalized spacial score (nSPS) is 11.5. The maximum Gasteiger partial charge on any atom is 0.222 e. The Morgan fingerprint density at radius 3 is 2.65 bits per heavy atom. The zero-order valence-electron chi connectivity index (χ0n) is 10.5. The van der Waals surface area contributed by atoms with Gasteiger partial charge in [-0.3, -0.25) is 0 Å². The number of aromatic nitrogens is 2. The molecule has 4 nitrogen and oxygen atoms in total. The topological polar surface area (TPSA) is 63.8 Å². The third-order valence-electron chi connectivity index (χ3n) is 3.06. The van der Waals surface area contributed by atoms with Gasteiger partial charge >= 0.3 is 0 Å². The molecular formula is C11H19FN4S. The van der Waals surface area contributed by atoms with Crippen LogP contribution >= 0.6 is 11.8 Å². The van der Waals surface area contributed by atoms with Crippen LogP contribution in [0.4, 0.5) is 16.2 Å². The molecule has 1 heterocycles. The maximum absolute atomic E-state index is 13.4.